The zero-order valence-electron chi connectivity index (χ0n) is 34.1. The molecular weight excluding hydrogens is 953 g/mol. The molecule has 0 saturated carbocycles. The number of hydrogen-bond acceptors (Lipinski definition) is 2. The molecule has 0 radical (unpaired) electrons. The van der Waals surface area contributed by atoms with Gasteiger partial charge in [-0.05, 0) is 83.6 Å². The molecule has 0 bridgehead atoms. The van der Waals surface area contributed by atoms with Gasteiger partial charge in [-0.25, -0.2) is 4.79 Å². The number of nitrogens with one attached hydrogen (secondary N) is 3. The van der Waals surface area contributed by atoms with E-state index in [1.807, 2.05) is 5.32 Å². The van der Waals surface area contributed by atoms with E-state index in [1.54, 1.807) is 91.0 Å². The van der Waals surface area contributed by atoms with Gasteiger partial charge in [0.1, 0.15) is 6.04 Å². The fourth-order valence-corrected chi connectivity index (χ4v) is 11.7. The summed E-state index contributed by atoms with van der Waals surface area (Å²) in [6.45, 7) is 4.60. The highest BCUT2D eigenvalue weighted by molar-refractivity contribution is 7.88. The minimum absolute atomic E-state index is 0. The van der Waals surface area contributed by atoms with Gasteiger partial charge < -0.3 is 32.9 Å². The van der Waals surface area contributed by atoms with Crippen molar-refractivity contribution in [1.29, 1.82) is 0 Å². The molecule has 0 aliphatic heterocycles. The van der Waals surface area contributed by atoms with Gasteiger partial charge in [-0.2, -0.15) is 52.7 Å². The Hall–Kier alpha value is -5.09. The fraction of sp³-hybridized carbons (Fsp3) is 0.289. The third kappa shape index (κ3) is 13.5. The Morgan fingerprint density at radius 2 is 0.922 bits per heavy atom. The molecule has 0 heterocycles. The number of rotatable bonds is 12. The molecule has 0 aromatic heterocycles. The van der Waals surface area contributed by atoms with Crippen molar-refractivity contribution in [3.63, 3.8) is 0 Å². The molecule has 3 N–H and O–H groups in total. The van der Waals surface area contributed by atoms with E-state index in [9.17, 15) is 62.3 Å². The number of carbonyl (C=O) groups excluding carboxylic acids is 2. The Balaban J connectivity index is 0.00000898. The standard InChI is InChI=1S/C45H40F12N3O2P.BrH/c1-41(2,3)38(60-40(62)59-34-24-32(44(52,53)54)23-33(25-34)45(55,56)57)39(61)58-35(21-28-13-7-4-8-14-28)27-63(36-15-9-5-10-16-36,37-17-11-6-12-18-37)26-29-19-30(42(46,47)48)22-31(20-29)43(49,50)51;/h4-20,22-25,35,38H,21,26-27H2,1-3H3,(H2-,58,59,60,61,62);1H/t35-,38+;/m0./s1. The Bertz CT molecular complexity index is 2250. The summed E-state index contributed by atoms with van der Waals surface area (Å²) in [5.41, 5.74) is -8.01. The molecule has 19 heteroatoms. The highest BCUT2D eigenvalue weighted by atomic mass is 79.9. The molecule has 344 valence electrons. The van der Waals surface area contributed by atoms with E-state index in [1.165, 1.54) is 20.8 Å². The van der Waals surface area contributed by atoms with Crippen LogP contribution in [0.15, 0.2) is 127 Å². The molecule has 5 aromatic carbocycles. The zero-order valence-corrected chi connectivity index (χ0v) is 36.6. The van der Waals surface area contributed by atoms with Crippen molar-refractivity contribution < 1.29 is 79.3 Å². The summed E-state index contributed by atoms with van der Waals surface area (Å²) >= 11 is 0. The van der Waals surface area contributed by atoms with Crippen LogP contribution in [0.3, 0.4) is 0 Å². The van der Waals surface area contributed by atoms with Crippen molar-refractivity contribution in [3.05, 3.63) is 161 Å². The monoisotopic (exact) mass is 993 g/mol. The number of urea groups is 1. The van der Waals surface area contributed by atoms with Crippen LogP contribution in [0.25, 0.3) is 0 Å². The molecule has 0 aliphatic carbocycles. The van der Waals surface area contributed by atoms with Gasteiger partial charge in [-0.15, -0.1) is 0 Å². The predicted octanol–water partition coefficient (Wildman–Crippen LogP) is 8.90. The highest BCUT2D eigenvalue weighted by Gasteiger charge is 2.47. The van der Waals surface area contributed by atoms with Crippen LogP contribution in [0.4, 0.5) is 63.2 Å². The normalized spacial score (nSPS) is 13.6. The van der Waals surface area contributed by atoms with E-state index in [0.717, 1.165) is 0 Å². The maximum atomic E-state index is 14.5. The Morgan fingerprint density at radius 3 is 1.31 bits per heavy atom. The molecule has 0 fully saturated rings. The lowest BCUT2D eigenvalue weighted by Gasteiger charge is -2.35. The smallest absolute Gasteiger partial charge is 0.416 e. The molecule has 0 unspecified atom stereocenters. The van der Waals surface area contributed by atoms with Crippen molar-refractivity contribution in [3.8, 4) is 0 Å². The predicted molar refractivity (Wildman–Crippen MR) is 218 cm³/mol. The molecule has 5 nitrogen and oxygen atoms in total. The second-order valence-corrected chi connectivity index (χ2v) is 19.6. The van der Waals surface area contributed by atoms with Crippen LogP contribution in [-0.4, -0.2) is 30.2 Å². The van der Waals surface area contributed by atoms with Crippen molar-refractivity contribution in [1.82, 2.24) is 10.6 Å². The van der Waals surface area contributed by atoms with Crippen LogP contribution in [0.5, 0.6) is 0 Å². The first-order valence-corrected chi connectivity index (χ1v) is 21.3. The van der Waals surface area contributed by atoms with Gasteiger partial charge in [0.2, 0.25) is 5.91 Å². The summed E-state index contributed by atoms with van der Waals surface area (Å²) in [7, 11) is -3.23. The lowest BCUT2D eigenvalue weighted by molar-refractivity contribution is -0.144. The third-order valence-electron chi connectivity index (χ3n) is 10.1. The van der Waals surface area contributed by atoms with Crippen molar-refractivity contribution in [2.24, 2.45) is 5.41 Å². The number of alkyl halides is 12. The van der Waals surface area contributed by atoms with Crippen molar-refractivity contribution in [2.45, 2.75) is 70.1 Å². The van der Waals surface area contributed by atoms with Gasteiger partial charge in [0.25, 0.3) is 0 Å². The minimum Gasteiger partial charge on any atom is -1.00 e. The molecule has 0 saturated heterocycles. The first-order valence-electron chi connectivity index (χ1n) is 19.1. The van der Waals surface area contributed by atoms with Gasteiger partial charge in [-0.1, -0.05) is 87.5 Å². The largest absolute Gasteiger partial charge is 1.00 e. The summed E-state index contributed by atoms with van der Waals surface area (Å²) < 4.78 is 167. The van der Waals surface area contributed by atoms with Gasteiger partial charge >= 0.3 is 30.7 Å². The number of hydrogen-bond donors (Lipinski definition) is 3. The molecule has 5 aromatic rings. The molecule has 64 heavy (non-hydrogen) atoms. The quantitative estimate of drug-likeness (QED) is 0.0865. The maximum absolute atomic E-state index is 14.5. The second kappa shape index (κ2) is 20.0. The van der Waals surface area contributed by atoms with Crippen LogP contribution in [-0.2, 0) is 42.1 Å². The van der Waals surface area contributed by atoms with E-state index in [2.05, 4.69) is 10.6 Å². The Morgan fingerprint density at radius 1 is 0.531 bits per heavy atom. The van der Waals surface area contributed by atoms with E-state index < -0.39 is 89.3 Å². The molecule has 0 spiro atoms. The lowest BCUT2D eigenvalue weighted by atomic mass is 9.86. The SMILES string of the molecule is CC(C)(C)[C@H](NC(=O)Nc1cc(C(F)(F)F)cc(C(F)(F)F)c1)C(=O)N[C@@H](Cc1ccccc1)C[P+](Cc1cc(C(F)(F)F)cc(C(F)(F)F)c1)(c1ccccc1)c1ccccc1.[Br-]. The van der Waals surface area contributed by atoms with Crippen LogP contribution < -0.4 is 43.5 Å². The summed E-state index contributed by atoms with van der Waals surface area (Å²) in [4.78, 5) is 27.8. The fourth-order valence-electron chi connectivity index (χ4n) is 7.18. The highest BCUT2D eigenvalue weighted by Crippen LogP contribution is 2.60. The molecule has 5 rings (SSSR count). The average Bonchev–Trinajstić information content (AvgIpc) is 3.18. The lowest BCUT2D eigenvalue weighted by Crippen LogP contribution is -3.00. The van der Waals surface area contributed by atoms with Gasteiger partial charge in [0.15, 0.2) is 0 Å². The Labute approximate surface area is 372 Å². The average molecular weight is 995 g/mol. The van der Waals surface area contributed by atoms with Gasteiger partial charge in [0, 0.05) is 5.69 Å². The van der Waals surface area contributed by atoms with Crippen molar-refractivity contribution >= 4 is 35.5 Å². The summed E-state index contributed by atoms with van der Waals surface area (Å²) in [5.74, 6) is -0.851. The van der Waals surface area contributed by atoms with Gasteiger partial charge in [0.05, 0.1) is 58.5 Å². The van der Waals surface area contributed by atoms with Crippen LogP contribution >= 0.6 is 7.26 Å². The van der Waals surface area contributed by atoms with E-state index in [-0.39, 0.29) is 53.4 Å². The van der Waals surface area contributed by atoms with E-state index in [0.29, 0.717) is 40.4 Å². The minimum atomic E-state index is -5.21. The summed E-state index contributed by atoms with van der Waals surface area (Å²) in [6, 6.07) is 23.7. The molecular formula is C45H41BrF12N3O2P. The first kappa shape index (κ1) is 51.5. The molecule has 3 amide bonds. The second-order valence-electron chi connectivity index (χ2n) is 16.0. The van der Waals surface area contributed by atoms with E-state index >= 15 is 0 Å². The number of carbonyl (C=O) groups is 2. The summed E-state index contributed by atoms with van der Waals surface area (Å²) in [5, 5.41) is 8.44. The molecule has 2 atom stereocenters. The summed E-state index contributed by atoms with van der Waals surface area (Å²) in [6.07, 6.45) is -21.0. The van der Waals surface area contributed by atoms with E-state index in [4.69, 9.17) is 0 Å². The maximum Gasteiger partial charge on any atom is 0.416 e. The zero-order chi connectivity index (χ0) is 46.6. The number of amides is 3. The third-order valence-corrected chi connectivity index (χ3v) is 14.6. The molecule has 0 aliphatic rings. The number of benzene rings is 5. The first-order chi connectivity index (χ1) is 29.1. The van der Waals surface area contributed by atoms with Gasteiger partial charge in [-0.3, -0.25) is 4.79 Å². The van der Waals surface area contributed by atoms with Crippen LogP contribution in [0.2, 0.25) is 0 Å². The Kier molecular flexibility index (Phi) is 16.1. The van der Waals surface area contributed by atoms with Crippen molar-refractivity contribution in [2.75, 3.05) is 11.5 Å². The topological polar surface area (TPSA) is 70.2 Å². The number of halogens is 13. The van der Waals surface area contributed by atoms with Crippen LogP contribution in [0.1, 0.15) is 54.2 Å². The van der Waals surface area contributed by atoms with Crippen LogP contribution in [0, 0.1) is 5.41 Å². The number of anilines is 1.